The molecule has 6 heteroatoms. The molecule has 0 bridgehead atoms. The SMILES string of the molecule is Cc1ccc(CNC(=O)CCn2c(=O)[nH]c(=O)c3ccccc32)c(C)c1. The highest BCUT2D eigenvalue weighted by atomic mass is 16.2. The van der Waals surface area contributed by atoms with Gasteiger partial charge in [-0.25, -0.2) is 4.79 Å². The lowest BCUT2D eigenvalue weighted by atomic mass is 10.1. The third-order valence-electron chi connectivity index (χ3n) is 4.44. The molecule has 3 rings (SSSR count). The molecule has 6 nitrogen and oxygen atoms in total. The summed E-state index contributed by atoms with van der Waals surface area (Å²) < 4.78 is 1.42. The van der Waals surface area contributed by atoms with Crippen LogP contribution in [0.2, 0.25) is 0 Å². The Balaban J connectivity index is 1.69. The van der Waals surface area contributed by atoms with E-state index < -0.39 is 11.2 Å². The molecule has 0 spiro atoms. The first-order chi connectivity index (χ1) is 12.5. The number of H-pyrrole nitrogens is 1. The van der Waals surface area contributed by atoms with Crippen LogP contribution in [0.4, 0.5) is 0 Å². The Morgan fingerprint density at radius 3 is 2.65 bits per heavy atom. The van der Waals surface area contributed by atoms with Crippen molar-refractivity contribution in [3.05, 3.63) is 80.0 Å². The summed E-state index contributed by atoms with van der Waals surface area (Å²) >= 11 is 0. The van der Waals surface area contributed by atoms with Crippen molar-refractivity contribution in [2.75, 3.05) is 0 Å². The fourth-order valence-electron chi connectivity index (χ4n) is 3.00. The Hall–Kier alpha value is -3.15. The number of aryl methyl sites for hydroxylation is 3. The molecule has 0 atom stereocenters. The molecule has 1 heterocycles. The highest BCUT2D eigenvalue weighted by Gasteiger charge is 2.09. The van der Waals surface area contributed by atoms with E-state index in [9.17, 15) is 14.4 Å². The van der Waals surface area contributed by atoms with E-state index in [4.69, 9.17) is 0 Å². The van der Waals surface area contributed by atoms with E-state index in [1.807, 2.05) is 26.0 Å². The maximum Gasteiger partial charge on any atom is 0.328 e. The number of rotatable bonds is 5. The van der Waals surface area contributed by atoms with Crippen molar-refractivity contribution >= 4 is 16.8 Å². The highest BCUT2D eigenvalue weighted by molar-refractivity contribution is 5.78. The number of benzene rings is 2. The number of aromatic nitrogens is 2. The molecule has 0 aliphatic rings. The van der Waals surface area contributed by atoms with E-state index in [-0.39, 0.29) is 18.9 Å². The van der Waals surface area contributed by atoms with E-state index in [0.29, 0.717) is 17.4 Å². The zero-order chi connectivity index (χ0) is 18.7. The molecule has 2 aromatic carbocycles. The first-order valence-corrected chi connectivity index (χ1v) is 8.50. The van der Waals surface area contributed by atoms with Gasteiger partial charge in [0.25, 0.3) is 5.56 Å². The summed E-state index contributed by atoms with van der Waals surface area (Å²) in [5.74, 6) is -0.146. The Morgan fingerprint density at radius 1 is 1.12 bits per heavy atom. The van der Waals surface area contributed by atoms with Crippen molar-refractivity contribution in [3.63, 3.8) is 0 Å². The number of aromatic amines is 1. The number of carbonyl (C=O) groups excluding carboxylic acids is 1. The monoisotopic (exact) mass is 351 g/mol. The van der Waals surface area contributed by atoms with Gasteiger partial charge in [-0.2, -0.15) is 0 Å². The van der Waals surface area contributed by atoms with E-state index in [2.05, 4.69) is 16.4 Å². The lowest BCUT2D eigenvalue weighted by molar-refractivity contribution is -0.121. The lowest BCUT2D eigenvalue weighted by Gasteiger charge is -2.11. The van der Waals surface area contributed by atoms with Gasteiger partial charge in [0.2, 0.25) is 5.91 Å². The largest absolute Gasteiger partial charge is 0.352 e. The quantitative estimate of drug-likeness (QED) is 0.737. The Labute approximate surface area is 150 Å². The Bertz CT molecular complexity index is 1080. The number of carbonyl (C=O) groups is 1. The molecule has 0 radical (unpaired) electrons. The molecule has 0 aliphatic carbocycles. The molecule has 134 valence electrons. The van der Waals surface area contributed by atoms with Crippen LogP contribution >= 0.6 is 0 Å². The predicted molar refractivity (Wildman–Crippen MR) is 101 cm³/mol. The van der Waals surface area contributed by atoms with Gasteiger partial charge in [-0.3, -0.25) is 19.1 Å². The molecular weight excluding hydrogens is 330 g/mol. The molecule has 2 N–H and O–H groups in total. The van der Waals surface area contributed by atoms with Crippen LogP contribution in [0.3, 0.4) is 0 Å². The first-order valence-electron chi connectivity index (χ1n) is 8.50. The second-order valence-electron chi connectivity index (χ2n) is 6.38. The van der Waals surface area contributed by atoms with Crippen molar-refractivity contribution in [1.29, 1.82) is 0 Å². The Morgan fingerprint density at radius 2 is 1.88 bits per heavy atom. The molecule has 1 amide bonds. The highest BCUT2D eigenvalue weighted by Crippen LogP contribution is 2.10. The second kappa shape index (κ2) is 7.39. The lowest BCUT2D eigenvalue weighted by Crippen LogP contribution is -2.32. The summed E-state index contributed by atoms with van der Waals surface area (Å²) in [5.41, 5.74) is 2.99. The number of nitrogens with zero attached hydrogens (tertiary/aromatic N) is 1. The van der Waals surface area contributed by atoms with Gasteiger partial charge in [0, 0.05) is 19.5 Å². The predicted octanol–water partition coefficient (Wildman–Crippen LogP) is 2.01. The van der Waals surface area contributed by atoms with E-state index in [0.717, 1.165) is 11.1 Å². The Kier molecular flexibility index (Phi) is 5.02. The minimum atomic E-state index is -0.504. The van der Waals surface area contributed by atoms with Crippen molar-refractivity contribution in [2.45, 2.75) is 33.4 Å². The van der Waals surface area contributed by atoms with E-state index in [1.165, 1.54) is 10.1 Å². The molecule has 0 saturated carbocycles. The van der Waals surface area contributed by atoms with Gasteiger partial charge in [-0.05, 0) is 37.1 Å². The van der Waals surface area contributed by atoms with E-state index in [1.54, 1.807) is 24.3 Å². The molecular formula is C20H21N3O3. The van der Waals surface area contributed by atoms with Crippen LogP contribution in [0, 0.1) is 13.8 Å². The summed E-state index contributed by atoms with van der Waals surface area (Å²) in [6.45, 7) is 4.70. The van der Waals surface area contributed by atoms with Gasteiger partial charge in [0.1, 0.15) is 0 Å². The van der Waals surface area contributed by atoms with Gasteiger partial charge in [-0.1, -0.05) is 35.9 Å². The summed E-state index contributed by atoms with van der Waals surface area (Å²) in [6.07, 6.45) is 0.154. The third kappa shape index (κ3) is 3.74. The van der Waals surface area contributed by atoms with Crippen LogP contribution in [0.25, 0.3) is 10.9 Å². The fraction of sp³-hybridized carbons (Fsp3) is 0.250. The third-order valence-corrected chi connectivity index (χ3v) is 4.44. The van der Waals surface area contributed by atoms with Gasteiger partial charge >= 0.3 is 5.69 Å². The van der Waals surface area contributed by atoms with E-state index >= 15 is 0 Å². The number of hydrogen-bond acceptors (Lipinski definition) is 3. The van der Waals surface area contributed by atoms with Crippen molar-refractivity contribution in [3.8, 4) is 0 Å². The van der Waals surface area contributed by atoms with Crippen LogP contribution in [0.5, 0.6) is 0 Å². The molecule has 0 aliphatic heterocycles. The van der Waals surface area contributed by atoms with Gasteiger partial charge in [0.05, 0.1) is 10.9 Å². The smallest absolute Gasteiger partial charge is 0.328 e. The molecule has 0 saturated heterocycles. The summed E-state index contributed by atoms with van der Waals surface area (Å²) in [4.78, 5) is 38.4. The van der Waals surface area contributed by atoms with Crippen molar-refractivity contribution in [2.24, 2.45) is 0 Å². The molecule has 3 aromatic rings. The average Bonchev–Trinajstić information content (AvgIpc) is 2.61. The fourth-order valence-corrected chi connectivity index (χ4v) is 3.00. The van der Waals surface area contributed by atoms with Crippen LogP contribution < -0.4 is 16.6 Å². The molecule has 0 unspecified atom stereocenters. The zero-order valence-corrected chi connectivity index (χ0v) is 14.8. The van der Waals surface area contributed by atoms with Gasteiger partial charge < -0.3 is 5.32 Å². The summed E-state index contributed by atoms with van der Waals surface area (Å²) in [5, 5.41) is 3.32. The van der Waals surface area contributed by atoms with Crippen LogP contribution in [0.1, 0.15) is 23.1 Å². The molecule has 0 fully saturated rings. The second-order valence-corrected chi connectivity index (χ2v) is 6.38. The number of hydrogen-bond donors (Lipinski definition) is 2. The van der Waals surface area contributed by atoms with Crippen LogP contribution in [-0.2, 0) is 17.9 Å². The maximum absolute atomic E-state index is 12.2. The van der Waals surface area contributed by atoms with Gasteiger partial charge in [-0.15, -0.1) is 0 Å². The van der Waals surface area contributed by atoms with Crippen molar-refractivity contribution in [1.82, 2.24) is 14.9 Å². The normalized spacial score (nSPS) is 10.8. The zero-order valence-electron chi connectivity index (χ0n) is 14.8. The van der Waals surface area contributed by atoms with Crippen LogP contribution in [0.15, 0.2) is 52.1 Å². The van der Waals surface area contributed by atoms with Crippen molar-refractivity contribution < 1.29 is 4.79 Å². The minimum absolute atomic E-state index is 0.146. The standard InChI is InChI=1S/C20H21N3O3/c1-13-7-8-15(14(2)11-13)12-21-18(24)9-10-23-17-6-4-3-5-16(17)19(25)22-20(23)26/h3-8,11H,9-10,12H2,1-2H3,(H,21,24)(H,22,25,26). The maximum atomic E-state index is 12.2. The topological polar surface area (TPSA) is 84.0 Å². The summed E-state index contributed by atoms with van der Waals surface area (Å²) in [7, 11) is 0. The average molecular weight is 351 g/mol. The first kappa shape index (κ1) is 17.7. The molecule has 1 aromatic heterocycles. The summed E-state index contributed by atoms with van der Waals surface area (Å²) in [6, 6.07) is 13.0. The number of para-hydroxylation sites is 1. The number of amides is 1. The number of nitrogens with one attached hydrogen (secondary N) is 2. The van der Waals surface area contributed by atoms with Gasteiger partial charge in [0.15, 0.2) is 0 Å². The molecule has 26 heavy (non-hydrogen) atoms. The number of fused-ring (bicyclic) bond motifs is 1. The van der Waals surface area contributed by atoms with Crippen LogP contribution in [-0.4, -0.2) is 15.5 Å². The minimum Gasteiger partial charge on any atom is -0.352 e.